The molecule has 0 aliphatic carbocycles. The molecular weight excluding hydrogens is 296 g/mol. The minimum Gasteiger partial charge on any atom is -0.497 e. The fraction of sp³-hybridized carbons (Fsp3) is 0.118. The van der Waals surface area contributed by atoms with E-state index < -0.39 is 11.8 Å². The number of Topliss-reactive ketones (excluding diaryl/α,β-unsaturated/α-hetero) is 1. The van der Waals surface area contributed by atoms with Gasteiger partial charge in [-0.2, -0.15) is 0 Å². The SMILES string of the molecule is COc1cccc(Cn2cc(C(=O)C(=O)O)c3cccnc32)c1. The zero-order valence-corrected chi connectivity index (χ0v) is 12.4. The summed E-state index contributed by atoms with van der Waals surface area (Å²) in [6, 6.07) is 10.9. The monoisotopic (exact) mass is 310 g/mol. The van der Waals surface area contributed by atoms with Crippen LogP contribution in [0, 0.1) is 0 Å². The summed E-state index contributed by atoms with van der Waals surface area (Å²) in [5.41, 5.74) is 1.67. The lowest BCUT2D eigenvalue weighted by molar-refractivity contribution is -0.131. The molecule has 0 aliphatic rings. The van der Waals surface area contributed by atoms with Gasteiger partial charge < -0.3 is 14.4 Å². The number of methoxy groups -OCH3 is 1. The van der Waals surface area contributed by atoms with Crippen molar-refractivity contribution in [2.75, 3.05) is 7.11 Å². The first-order valence-corrected chi connectivity index (χ1v) is 6.94. The molecule has 3 aromatic rings. The van der Waals surface area contributed by atoms with Gasteiger partial charge in [-0.15, -0.1) is 0 Å². The lowest BCUT2D eigenvalue weighted by atomic mass is 10.1. The van der Waals surface area contributed by atoms with E-state index in [2.05, 4.69) is 4.98 Å². The number of ketones is 1. The van der Waals surface area contributed by atoms with E-state index >= 15 is 0 Å². The maximum absolute atomic E-state index is 11.9. The van der Waals surface area contributed by atoms with Gasteiger partial charge in [0.2, 0.25) is 0 Å². The first kappa shape index (κ1) is 14.8. The van der Waals surface area contributed by atoms with E-state index in [-0.39, 0.29) is 5.56 Å². The minimum atomic E-state index is -1.48. The number of carboxylic acids is 1. The number of hydrogen-bond acceptors (Lipinski definition) is 4. The maximum Gasteiger partial charge on any atom is 0.377 e. The van der Waals surface area contributed by atoms with Gasteiger partial charge in [-0.05, 0) is 29.8 Å². The Kier molecular flexibility index (Phi) is 3.80. The molecule has 6 nitrogen and oxygen atoms in total. The van der Waals surface area contributed by atoms with Crippen LogP contribution in [-0.4, -0.2) is 33.5 Å². The zero-order chi connectivity index (χ0) is 16.4. The molecule has 0 bridgehead atoms. The number of nitrogens with zero attached hydrogens (tertiary/aromatic N) is 2. The zero-order valence-electron chi connectivity index (χ0n) is 12.4. The molecule has 116 valence electrons. The van der Waals surface area contributed by atoms with Gasteiger partial charge in [0.1, 0.15) is 11.4 Å². The second-order valence-corrected chi connectivity index (χ2v) is 5.03. The van der Waals surface area contributed by atoms with Crippen molar-refractivity contribution in [3.63, 3.8) is 0 Å². The van der Waals surface area contributed by atoms with Gasteiger partial charge in [0, 0.05) is 24.3 Å². The van der Waals surface area contributed by atoms with Crippen molar-refractivity contribution in [1.82, 2.24) is 9.55 Å². The van der Waals surface area contributed by atoms with E-state index in [9.17, 15) is 9.59 Å². The molecule has 3 rings (SSSR count). The van der Waals surface area contributed by atoms with Crippen LogP contribution < -0.4 is 4.74 Å². The van der Waals surface area contributed by atoms with Crippen molar-refractivity contribution >= 4 is 22.8 Å². The molecule has 2 heterocycles. The molecule has 0 saturated heterocycles. The molecular formula is C17H14N2O4. The Morgan fingerprint density at radius 1 is 1.26 bits per heavy atom. The van der Waals surface area contributed by atoms with Gasteiger partial charge in [-0.3, -0.25) is 4.79 Å². The van der Waals surface area contributed by atoms with Crippen molar-refractivity contribution in [2.45, 2.75) is 6.54 Å². The average Bonchev–Trinajstić information content (AvgIpc) is 2.93. The van der Waals surface area contributed by atoms with Gasteiger partial charge in [0.25, 0.3) is 5.78 Å². The molecule has 0 saturated carbocycles. The van der Waals surface area contributed by atoms with Crippen molar-refractivity contribution in [3.8, 4) is 5.75 Å². The topological polar surface area (TPSA) is 81.4 Å². The van der Waals surface area contributed by atoms with Crippen molar-refractivity contribution in [2.24, 2.45) is 0 Å². The highest BCUT2D eigenvalue weighted by Crippen LogP contribution is 2.22. The third kappa shape index (κ3) is 2.78. The van der Waals surface area contributed by atoms with Gasteiger partial charge in [-0.1, -0.05) is 12.1 Å². The normalized spacial score (nSPS) is 10.7. The smallest absolute Gasteiger partial charge is 0.377 e. The molecule has 0 radical (unpaired) electrons. The van der Waals surface area contributed by atoms with Crippen LogP contribution >= 0.6 is 0 Å². The van der Waals surface area contributed by atoms with Crippen molar-refractivity contribution in [1.29, 1.82) is 0 Å². The fourth-order valence-electron chi connectivity index (χ4n) is 2.51. The first-order chi connectivity index (χ1) is 11.1. The summed E-state index contributed by atoms with van der Waals surface area (Å²) in [6.07, 6.45) is 3.15. The Bertz CT molecular complexity index is 898. The molecule has 0 spiro atoms. The maximum atomic E-state index is 11.9. The molecule has 0 atom stereocenters. The minimum absolute atomic E-state index is 0.142. The van der Waals surface area contributed by atoms with E-state index in [0.29, 0.717) is 17.6 Å². The van der Waals surface area contributed by atoms with E-state index in [0.717, 1.165) is 11.3 Å². The van der Waals surface area contributed by atoms with Gasteiger partial charge in [0.05, 0.1) is 12.7 Å². The molecule has 0 unspecified atom stereocenters. The Morgan fingerprint density at radius 2 is 2.09 bits per heavy atom. The fourth-order valence-corrected chi connectivity index (χ4v) is 2.51. The molecule has 1 aromatic carbocycles. The Hall–Kier alpha value is -3.15. The summed E-state index contributed by atoms with van der Waals surface area (Å²) in [4.78, 5) is 27.1. The number of aliphatic carboxylic acids is 1. The number of rotatable bonds is 5. The number of fused-ring (bicyclic) bond motifs is 1. The van der Waals surface area contributed by atoms with E-state index in [1.807, 2.05) is 24.3 Å². The molecule has 1 N–H and O–H groups in total. The van der Waals surface area contributed by atoms with Gasteiger partial charge >= 0.3 is 5.97 Å². The number of hydrogen-bond donors (Lipinski definition) is 1. The highest BCUT2D eigenvalue weighted by atomic mass is 16.5. The van der Waals surface area contributed by atoms with E-state index in [4.69, 9.17) is 9.84 Å². The molecule has 0 fully saturated rings. The molecule has 2 aromatic heterocycles. The lowest BCUT2D eigenvalue weighted by Crippen LogP contribution is -2.12. The number of benzene rings is 1. The van der Waals surface area contributed by atoms with E-state index in [1.54, 1.807) is 30.0 Å². The molecule has 0 amide bonds. The number of ether oxygens (including phenoxy) is 1. The number of aromatic nitrogens is 2. The Balaban J connectivity index is 2.07. The van der Waals surface area contributed by atoms with Crippen LogP contribution in [0.15, 0.2) is 48.8 Å². The highest BCUT2D eigenvalue weighted by molar-refractivity contribution is 6.42. The summed E-state index contributed by atoms with van der Waals surface area (Å²) in [5.74, 6) is -1.68. The van der Waals surface area contributed by atoms with Crippen LogP contribution in [0.1, 0.15) is 15.9 Å². The van der Waals surface area contributed by atoms with Crippen LogP contribution in [0.2, 0.25) is 0 Å². The molecule has 23 heavy (non-hydrogen) atoms. The van der Waals surface area contributed by atoms with Crippen molar-refractivity contribution in [3.05, 3.63) is 59.9 Å². The Morgan fingerprint density at radius 3 is 2.83 bits per heavy atom. The molecule has 6 heteroatoms. The van der Waals surface area contributed by atoms with Gasteiger partial charge in [0.15, 0.2) is 0 Å². The summed E-state index contributed by atoms with van der Waals surface area (Å²) < 4.78 is 6.96. The number of carboxylic acid groups (broad SMARTS) is 1. The van der Waals surface area contributed by atoms with Crippen LogP contribution in [0.4, 0.5) is 0 Å². The number of pyridine rings is 1. The summed E-state index contributed by atoms with van der Waals surface area (Å²) in [6.45, 7) is 0.456. The van der Waals surface area contributed by atoms with Crippen LogP contribution in [-0.2, 0) is 11.3 Å². The number of carbonyl (C=O) groups is 2. The quantitative estimate of drug-likeness (QED) is 0.578. The molecule has 0 aliphatic heterocycles. The third-order valence-corrected chi connectivity index (χ3v) is 3.56. The van der Waals surface area contributed by atoms with E-state index in [1.165, 1.54) is 6.20 Å². The second kappa shape index (κ2) is 5.92. The Labute approximate surface area is 131 Å². The highest BCUT2D eigenvalue weighted by Gasteiger charge is 2.21. The second-order valence-electron chi connectivity index (χ2n) is 5.03. The number of carbonyl (C=O) groups excluding carboxylic acids is 1. The lowest BCUT2D eigenvalue weighted by Gasteiger charge is -2.06. The van der Waals surface area contributed by atoms with Crippen LogP contribution in [0.3, 0.4) is 0 Å². The average molecular weight is 310 g/mol. The predicted octanol–water partition coefficient (Wildman–Crippen LogP) is 2.36. The third-order valence-electron chi connectivity index (χ3n) is 3.56. The summed E-state index contributed by atoms with van der Waals surface area (Å²) >= 11 is 0. The first-order valence-electron chi connectivity index (χ1n) is 6.94. The predicted molar refractivity (Wildman–Crippen MR) is 83.8 cm³/mol. The van der Waals surface area contributed by atoms with Gasteiger partial charge in [-0.25, -0.2) is 9.78 Å². The summed E-state index contributed by atoms with van der Waals surface area (Å²) in [5, 5.41) is 9.50. The van der Waals surface area contributed by atoms with Crippen LogP contribution in [0.25, 0.3) is 11.0 Å². The largest absolute Gasteiger partial charge is 0.497 e. The standard InChI is InChI=1S/C17H14N2O4/c1-23-12-5-2-4-11(8-12)9-19-10-14(15(20)17(21)22)13-6-3-7-18-16(13)19/h2-8,10H,9H2,1H3,(H,21,22). The summed E-state index contributed by atoms with van der Waals surface area (Å²) in [7, 11) is 1.59. The van der Waals surface area contributed by atoms with Crippen LogP contribution in [0.5, 0.6) is 5.75 Å². The van der Waals surface area contributed by atoms with Crippen molar-refractivity contribution < 1.29 is 19.4 Å².